The molecule has 0 fully saturated rings. The molecule has 0 aliphatic rings. The molecule has 1 aromatic carbocycles. The van der Waals surface area contributed by atoms with Crippen molar-refractivity contribution >= 4 is 17.7 Å². The smallest absolute Gasteiger partial charge is 0.337 e. The predicted octanol–water partition coefficient (Wildman–Crippen LogP) is 2.45. The van der Waals surface area contributed by atoms with E-state index in [0.717, 1.165) is 18.9 Å². The first-order valence-corrected chi connectivity index (χ1v) is 5.63. The Morgan fingerprint density at radius 3 is 2.72 bits per heavy atom. The third kappa shape index (κ3) is 3.73. The van der Waals surface area contributed by atoms with Gasteiger partial charge >= 0.3 is 12.0 Å². The quantitative estimate of drug-likeness (QED) is 0.706. The van der Waals surface area contributed by atoms with E-state index >= 15 is 0 Å². The zero-order chi connectivity index (χ0) is 13.5. The van der Waals surface area contributed by atoms with Crippen molar-refractivity contribution in [3.05, 3.63) is 29.6 Å². The number of halogens is 1. The summed E-state index contributed by atoms with van der Waals surface area (Å²) in [6.45, 7) is 2.43. The first-order valence-electron chi connectivity index (χ1n) is 5.63. The van der Waals surface area contributed by atoms with Gasteiger partial charge in [0.05, 0.1) is 11.3 Å². The summed E-state index contributed by atoms with van der Waals surface area (Å²) in [5, 5.41) is 13.6. The van der Waals surface area contributed by atoms with Crippen LogP contribution in [-0.4, -0.2) is 23.7 Å². The van der Waals surface area contributed by atoms with Gasteiger partial charge in [0.2, 0.25) is 0 Å². The Kier molecular flexibility index (Phi) is 5.10. The molecular formula is C12H15FN2O3. The number of para-hydroxylation sites is 1. The third-order valence-corrected chi connectivity index (χ3v) is 2.30. The molecule has 0 spiro atoms. The van der Waals surface area contributed by atoms with Crippen LogP contribution in [0.25, 0.3) is 0 Å². The summed E-state index contributed by atoms with van der Waals surface area (Å²) in [6.07, 6.45) is 1.72. The molecule has 1 rings (SSSR count). The van der Waals surface area contributed by atoms with Gasteiger partial charge in [0.15, 0.2) is 0 Å². The summed E-state index contributed by atoms with van der Waals surface area (Å²) in [5.74, 6) is -2.07. The van der Waals surface area contributed by atoms with Crippen molar-refractivity contribution in [1.82, 2.24) is 5.32 Å². The second kappa shape index (κ2) is 6.58. The summed E-state index contributed by atoms with van der Waals surface area (Å²) in [5.41, 5.74) is -0.598. The fourth-order valence-corrected chi connectivity index (χ4v) is 1.37. The number of aromatic carboxylic acids is 1. The van der Waals surface area contributed by atoms with E-state index < -0.39 is 17.8 Å². The largest absolute Gasteiger partial charge is 0.478 e. The lowest BCUT2D eigenvalue weighted by molar-refractivity contribution is 0.0697. The molecule has 98 valence electrons. The van der Waals surface area contributed by atoms with E-state index in [9.17, 15) is 14.0 Å². The van der Waals surface area contributed by atoms with E-state index in [0.29, 0.717) is 6.54 Å². The van der Waals surface area contributed by atoms with E-state index in [2.05, 4.69) is 10.6 Å². The predicted molar refractivity (Wildman–Crippen MR) is 65.3 cm³/mol. The lowest BCUT2D eigenvalue weighted by Crippen LogP contribution is -2.30. The summed E-state index contributed by atoms with van der Waals surface area (Å²) in [6, 6.07) is 2.98. The standard InChI is InChI=1S/C12H15FN2O3/c1-2-3-7-14-12(18)15-10-8(11(16)17)5-4-6-9(10)13/h4-6H,2-3,7H2,1H3,(H,16,17)(H2,14,15,18). The average Bonchev–Trinajstić information content (AvgIpc) is 2.31. The fourth-order valence-electron chi connectivity index (χ4n) is 1.37. The summed E-state index contributed by atoms with van der Waals surface area (Å²) >= 11 is 0. The number of carboxylic acid groups (broad SMARTS) is 1. The maximum Gasteiger partial charge on any atom is 0.337 e. The highest BCUT2D eigenvalue weighted by Gasteiger charge is 2.15. The molecule has 2 amide bonds. The normalized spacial score (nSPS) is 9.89. The van der Waals surface area contributed by atoms with Crippen LogP contribution in [0.4, 0.5) is 14.9 Å². The van der Waals surface area contributed by atoms with Crippen molar-refractivity contribution in [2.45, 2.75) is 19.8 Å². The van der Waals surface area contributed by atoms with Crippen LogP contribution in [0.2, 0.25) is 0 Å². The van der Waals surface area contributed by atoms with Crippen molar-refractivity contribution in [1.29, 1.82) is 0 Å². The van der Waals surface area contributed by atoms with Gasteiger partial charge in [-0.1, -0.05) is 19.4 Å². The van der Waals surface area contributed by atoms with Gasteiger partial charge in [-0.3, -0.25) is 0 Å². The topological polar surface area (TPSA) is 78.4 Å². The molecule has 0 saturated carbocycles. The number of urea groups is 1. The molecule has 0 heterocycles. The van der Waals surface area contributed by atoms with Gasteiger partial charge in [-0.15, -0.1) is 0 Å². The molecule has 0 saturated heterocycles. The maximum absolute atomic E-state index is 13.5. The number of amides is 2. The van der Waals surface area contributed by atoms with Crippen LogP contribution in [0, 0.1) is 5.82 Å². The molecule has 5 nitrogen and oxygen atoms in total. The summed E-state index contributed by atoms with van der Waals surface area (Å²) in [7, 11) is 0. The van der Waals surface area contributed by atoms with Crippen LogP contribution >= 0.6 is 0 Å². The van der Waals surface area contributed by atoms with Crippen LogP contribution < -0.4 is 10.6 Å². The second-order valence-electron chi connectivity index (χ2n) is 3.70. The maximum atomic E-state index is 13.5. The highest BCUT2D eigenvalue weighted by Crippen LogP contribution is 2.19. The third-order valence-electron chi connectivity index (χ3n) is 2.30. The van der Waals surface area contributed by atoms with Gasteiger partial charge in [0, 0.05) is 6.54 Å². The highest BCUT2D eigenvalue weighted by molar-refractivity contribution is 6.00. The molecular weight excluding hydrogens is 239 g/mol. The number of rotatable bonds is 5. The molecule has 0 aliphatic heterocycles. The Labute approximate surface area is 104 Å². The van der Waals surface area contributed by atoms with Gasteiger partial charge in [0.1, 0.15) is 5.82 Å². The van der Waals surface area contributed by atoms with Crippen LogP contribution in [0.15, 0.2) is 18.2 Å². The van der Waals surface area contributed by atoms with Crippen molar-refractivity contribution in [2.24, 2.45) is 0 Å². The average molecular weight is 254 g/mol. The molecule has 6 heteroatoms. The number of carbonyl (C=O) groups excluding carboxylic acids is 1. The van der Waals surface area contributed by atoms with E-state index in [1.165, 1.54) is 12.1 Å². The van der Waals surface area contributed by atoms with Crippen LogP contribution in [0.1, 0.15) is 30.1 Å². The van der Waals surface area contributed by atoms with E-state index in [1.807, 2.05) is 6.92 Å². The van der Waals surface area contributed by atoms with Crippen molar-refractivity contribution in [2.75, 3.05) is 11.9 Å². The van der Waals surface area contributed by atoms with E-state index in [4.69, 9.17) is 5.11 Å². The number of benzene rings is 1. The minimum absolute atomic E-state index is 0.277. The Hall–Kier alpha value is -2.11. The van der Waals surface area contributed by atoms with Gasteiger partial charge in [-0.05, 0) is 18.6 Å². The molecule has 0 radical (unpaired) electrons. The fraction of sp³-hybridized carbons (Fsp3) is 0.333. The molecule has 3 N–H and O–H groups in total. The van der Waals surface area contributed by atoms with E-state index in [-0.39, 0.29) is 11.3 Å². The van der Waals surface area contributed by atoms with Crippen molar-refractivity contribution in [3.63, 3.8) is 0 Å². The number of anilines is 1. The minimum atomic E-state index is -1.29. The van der Waals surface area contributed by atoms with Crippen LogP contribution in [0.3, 0.4) is 0 Å². The molecule has 0 unspecified atom stereocenters. The number of unbranched alkanes of at least 4 members (excludes halogenated alkanes) is 1. The molecule has 0 atom stereocenters. The Bertz CT molecular complexity index is 449. The molecule has 18 heavy (non-hydrogen) atoms. The van der Waals surface area contributed by atoms with Gasteiger partial charge in [-0.25, -0.2) is 14.0 Å². The zero-order valence-electron chi connectivity index (χ0n) is 10.00. The van der Waals surface area contributed by atoms with Gasteiger partial charge < -0.3 is 15.7 Å². The number of hydrogen-bond acceptors (Lipinski definition) is 2. The molecule has 0 bridgehead atoms. The van der Waals surface area contributed by atoms with Gasteiger partial charge in [-0.2, -0.15) is 0 Å². The lowest BCUT2D eigenvalue weighted by Gasteiger charge is -2.10. The van der Waals surface area contributed by atoms with E-state index in [1.54, 1.807) is 0 Å². The first kappa shape index (κ1) is 14.0. The number of carbonyl (C=O) groups is 2. The Morgan fingerprint density at radius 1 is 1.39 bits per heavy atom. The summed E-state index contributed by atoms with van der Waals surface area (Å²) in [4.78, 5) is 22.3. The van der Waals surface area contributed by atoms with Crippen molar-refractivity contribution in [3.8, 4) is 0 Å². The summed E-state index contributed by atoms with van der Waals surface area (Å²) < 4.78 is 13.5. The van der Waals surface area contributed by atoms with Crippen molar-refractivity contribution < 1.29 is 19.1 Å². The second-order valence-corrected chi connectivity index (χ2v) is 3.70. The SMILES string of the molecule is CCCCNC(=O)Nc1c(F)cccc1C(=O)O. The number of hydrogen-bond donors (Lipinski definition) is 3. The first-order chi connectivity index (χ1) is 8.56. The lowest BCUT2D eigenvalue weighted by atomic mass is 10.1. The van der Waals surface area contributed by atoms with Crippen LogP contribution in [-0.2, 0) is 0 Å². The highest BCUT2D eigenvalue weighted by atomic mass is 19.1. The monoisotopic (exact) mass is 254 g/mol. The Morgan fingerprint density at radius 2 is 2.11 bits per heavy atom. The Balaban J connectivity index is 2.77. The molecule has 0 aliphatic carbocycles. The minimum Gasteiger partial charge on any atom is -0.478 e. The van der Waals surface area contributed by atoms with Crippen LogP contribution in [0.5, 0.6) is 0 Å². The zero-order valence-corrected chi connectivity index (χ0v) is 10.00. The number of nitrogens with one attached hydrogen (secondary N) is 2. The molecule has 1 aromatic rings. The van der Waals surface area contributed by atoms with Gasteiger partial charge in [0.25, 0.3) is 0 Å². The molecule has 0 aromatic heterocycles. The number of carboxylic acids is 1.